The van der Waals surface area contributed by atoms with Crippen LogP contribution in [0.15, 0.2) is 28.7 Å². The molecule has 0 aromatic heterocycles. The summed E-state index contributed by atoms with van der Waals surface area (Å²) in [5.74, 6) is -0.158. The zero-order chi connectivity index (χ0) is 13.1. The van der Waals surface area contributed by atoms with Crippen LogP contribution in [0.4, 0.5) is 10.5 Å². The third-order valence-corrected chi connectivity index (χ3v) is 4.02. The normalized spacial score (nSPS) is 19.4. The minimum absolute atomic E-state index is 0.158. The van der Waals surface area contributed by atoms with Crippen molar-refractivity contribution in [2.24, 2.45) is 0 Å². The molecule has 1 aliphatic rings. The van der Waals surface area contributed by atoms with Crippen LogP contribution in [-0.4, -0.2) is 28.0 Å². The molecule has 0 saturated carbocycles. The fourth-order valence-corrected chi connectivity index (χ4v) is 2.86. The quantitative estimate of drug-likeness (QED) is 0.921. The fraction of sp³-hybridized carbons (Fsp3) is 0.333. The van der Waals surface area contributed by atoms with Gasteiger partial charge in [-0.1, -0.05) is 22.9 Å². The van der Waals surface area contributed by atoms with Crippen molar-refractivity contribution >= 4 is 44.5 Å². The average molecular weight is 329 g/mol. The summed E-state index contributed by atoms with van der Waals surface area (Å²) >= 11 is 4.38. The first-order valence-corrected chi connectivity index (χ1v) is 7.33. The summed E-state index contributed by atoms with van der Waals surface area (Å²) in [5.41, 5.74) is 0.829. The molecule has 0 bridgehead atoms. The summed E-state index contributed by atoms with van der Waals surface area (Å²) in [6.45, 7) is 2.43. The third-order valence-electron chi connectivity index (χ3n) is 2.52. The number of nitrogens with zero attached hydrogens (tertiary/aromatic N) is 1. The highest BCUT2D eigenvalue weighted by molar-refractivity contribution is 9.10. The van der Waals surface area contributed by atoms with Gasteiger partial charge < -0.3 is 5.32 Å². The number of imide groups is 1. The van der Waals surface area contributed by atoms with Crippen LogP contribution in [0, 0.1) is 0 Å². The SMILES string of the molecule is CCCN1C(=O)S[C@H](Nc2ccc(Br)cc2)C1=O. The van der Waals surface area contributed by atoms with Crippen LogP contribution in [-0.2, 0) is 4.79 Å². The molecule has 1 aromatic rings. The summed E-state index contributed by atoms with van der Waals surface area (Å²) < 4.78 is 0.974. The predicted molar refractivity (Wildman–Crippen MR) is 76.5 cm³/mol. The van der Waals surface area contributed by atoms with Crippen molar-refractivity contribution in [1.29, 1.82) is 0 Å². The minimum atomic E-state index is -0.509. The topological polar surface area (TPSA) is 49.4 Å². The molecule has 18 heavy (non-hydrogen) atoms. The molecule has 2 amide bonds. The number of halogens is 1. The van der Waals surface area contributed by atoms with Crippen molar-refractivity contribution in [1.82, 2.24) is 4.90 Å². The highest BCUT2D eigenvalue weighted by Gasteiger charge is 2.38. The number of anilines is 1. The van der Waals surface area contributed by atoms with Gasteiger partial charge in [-0.15, -0.1) is 0 Å². The molecule has 1 aromatic carbocycles. The first-order valence-electron chi connectivity index (χ1n) is 5.66. The van der Waals surface area contributed by atoms with E-state index >= 15 is 0 Å². The van der Waals surface area contributed by atoms with Gasteiger partial charge in [0.1, 0.15) is 0 Å². The van der Waals surface area contributed by atoms with Crippen LogP contribution >= 0.6 is 27.7 Å². The number of hydrogen-bond donors (Lipinski definition) is 1. The molecule has 1 saturated heterocycles. The molecular weight excluding hydrogens is 316 g/mol. The summed E-state index contributed by atoms with van der Waals surface area (Å²) in [7, 11) is 0. The van der Waals surface area contributed by atoms with E-state index in [1.165, 1.54) is 4.90 Å². The van der Waals surface area contributed by atoms with E-state index < -0.39 is 5.37 Å². The first-order chi connectivity index (χ1) is 8.61. The number of carbonyl (C=O) groups excluding carboxylic acids is 2. The van der Waals surface area contributed by atoms with Gasteiger partial charge >= 0.3 is 0 Å². The van der Waals surface area contributed by atoms with Gasteiger partial charge in [-0.25, -0.2) is 0 Å². The molecule has 0 unspecified atom stereocenters. The van der Waals surface area contributed by atoms with Crippen molar-refractivity contribution in [2.75, 3.05) is 11.9 Å². The second-order valence-corrected chi connectivity index (χ2v) is 5.88. The second kappa shape index (κ2) is 5.75. The lowest BCUT2D eigenvalue weighted by Gasteiger charge is -2.13. The highest BCUT2D eigenvalue weighted by Crippen LogP contribution is 2.28. The number of benzene rings is 1. The summed E-state index contributed by atoms with van der Waals surface area (Å²) in [6, 6.07) is 7.51. The minimum Gasteiger partial charge on any atom is -0.365 e. The van der Waals surface area contributed by atoms with E-state index in [9.17, 15) is 9.59 Å². The lowest BCUT2D eigenvalue weighted by atomic mass is 10.3. The molecule has 2 rings (SSSR count). The van der Waals surface area contributed by atoms with Gasteiger partial charge in [-0.3, -0.25) is 14.5 Å². The Labute approximate surface area is 118 Å². The number of thioether (sulfide) groups is 1. The van der Waals surface area contributed by atoms with E-state index in [1.807, 2.05) is 31.2 Å². The fourth-order valence-electron chi connectivity index (χ4n) is 1.66. The molecule has 1 heterocycles. The number of nitrogens with one attached hydrogen (secondary N) is 1. The van der Waals surface area contributed by atoms with Crippen molar-refractivity contribution in [3.8, 4) is 0 Å². The number of rotatable bonds is 4. The van der Waals surface area contributed by atoms with Crippen LogP contribution < -0.4 is 5.32 Å². The van der Waals surface area contributed by atoms with Crippen molar-refractivity contribution in [3.63, 3.8) is 0 Å². The number of hydrogen-bond acceptors (Lipinski definition) is 4. The van der Waals surface area contributed by atoms with Crippen molar-refractivity contribution < 1.29 is 9.59 Å². The molecule has 1 fully saturated rings. The van der Waals surface area contributed by atoms with E-state index in [-0.39, 0.29) is 11.1 Å². The van der Waals surface area contributed by atoms with Crippen LogP contribution in [0.25, 0.3) is 0 Å². The van der Waals surface area contributed by atoms with Crippen LogP contribution in [0.2, 0.25) is 0 Å². The van der Waals surface area contributed by atoms with E-state index in [4.69, 9.17) is 0 Å². The first kappa shape index (κ1) is 13.4. The Morgan fingerprint density at radius 3 is 2.61 bits per heavy atom. The van der Waals surface area contributed by atoms with Gasteiger partial charge in [0, 0.05) is 16.7 Å². The average Bonchev–Trinajstić information content (AvgIpc) is 2.60. The molecule has 0 aliphatic carbocycles. The maximum atomic E-state index is 12.0. The van der Waals surface area contributed by atoms with Gasteiger partial charge in [0.05, 0.1) is 0 Å². The largest absolute Gasteiger partial charge is 0.365 e. The zero-order valence-electron chi connectivity index (χ0n) is 9.85. The Balaban J connectivity index is 2.05. The van der Waals surface area contributed by atoms with Gasteiger partial charge in [0.25, 0.3) is 11.1 Å². The zero-order valence-corrected chi connectivity index (χ0v) is 12.3. The Morgan fingerprint density at radius 2 is 2.00 bits per heavy atom. The van der Waals surface area contributed by atoms with Crippen LogP contribution in [0.5, 0.6) is 0 Å². The number of carbonyl (C=O) groups is 2. The van der Waals surface area contributed by atoms with Crippen molar-refractivity contribution in [3.05, 3.63) is 28.7 Å². The Hall–Kier alpha value is -1.01. The summed E-state index contributed by atoms with van der Waals surface area (Å²) in [5, 5.41) is 2.39. The standard InChI is InChI=1S/C12H13BrN2O2S/c1-2-7-15-11(16)10(18-12(15)17)14-9-5-3-8(13)4-6-9/h3-6,10,14H,2,7H2,1H3/t10-/m0/s1. The second-order valence-electron chi connectivity index (χ2n) is 3.90. The third kappa shape index (κ3) is 2.87. The molecule has 6 heteroatoms. The van der Waals surface area contributed by atoms with Crippen molar-refractivity contribution in [2.45, 2.75) is 18.7 Å². The Morgan fingerprint density at radius 1 is 1.33 bits per heavy atom. The summed E-state index contributed by atoms with van der Waals surface area (Å²) in [6.07, 6.45) is 0.781. The molecular formula is C12H13BrN2O2S. The van der Waals surface area contributed by atoms with Crippen LogP contribution in [0.1, 0.15) is 13.3 Å². The smallest absolute Gasteiger partial charge is 0.290 e. The molecule has 1 atom stereocenters. The van der Waals surface area contributed by atoms with Gasteiger partial charge in [-0.2, -0.15) is 0 Å². The summed E-state index contributed by atoms with van der Waals surface area (Å²) in [4.78, 5) is 24.9. The van der Waals surface area contributed by atoms with E-state index in [0.717, 1.165) is 28.3 Å². The molecule has 1 N–H and O–H groups in total. The van der Waals surface area contributed by atoms with Gasteiger partial charge in [0.15, 0.2) is 5.37 Å². The molecule has 4 nitrogen and oxygen atoms in total. The lowest BCUT2D eigenvalue weighted by Crippen LogP contribution is -2.34. The van der Waals surface area contributed by atoms with Gasteiger partial charge in [-0.05, 0) is 42.4 Å². The van der Waals surface area contributed by atoms with E-state index in [2.05, 4.69) is 21.2 Å². The Bertz CT molecular complexity index is 464. The molecule has 1 aliphatic heterocycles. The maximum absolute atomic E-state index is 12.0. The monoisotopic (exact) mass is 328 g/mol. The van der Waals surface area contributed by atoms with E-state index in [0.29, 0.717) is 6.54 Å². The number of amides is 2. The maximum Gasteiger partial charge on any atom is 0.290 e. The highest BCUT2D eigenvalue weighted by atomic mass is 79.9. The van der Waals surface area contributed by atoms with E-state index in [1.54, 1.807) is 0 Å². The molecule has 0 radical (unpaired) electrons. The predicted octanol–water partition coefficient (Wildman–Crippen LogP) is 3.29. The molecule has 96 valence electrons. The van der Waals surface area contributed by atoms with Gasteiger partial charge in [0.2, 0.25) is 0 Å². The lowest BCUT2D eigenvalue weighted by molar-refractivity contribution is -0.126. The Kier molecular flexibility index (Phi) is 4.29. The molecule has 0 spiro atoms. The van der Waals surface area contributed by atoms with Crippen LogP contribution in [0.3, 0.4) is 0 Å².